The van der Waals surface area contributed by atoms with Crippen molar-refractivity contribution in [3.05, 3.63) is 28.4 Å². The van der Waals surface area contributed by atoms with Crippen molar-refractivity contribution in [2.24, 2.45) is 5.92 Å². The van der Waals surface area contributed by atoms with Gasteiger partial charge in [0.1, 0.15) is 0 Å². The van der Waals surface area contributed by atoms with E-state index in [0.29, 0.717) is 18.4 Å². The van der Waals surface area contributed by atoms with E-state index in [9.17, 15) is 4.79 Å². The smallest absolute Gasteiger partial charge is 0.226 e. The third-order valence-corrected chi connectivity index (χ3v) is 5.43. The largest absolute Gasteiger partial charge is 0.351 e. The molecule has 3 saturated heterocycles. The fourth-order valence-corrected chi connectivity index (χ4v) is 4.08. The average molecular weight is 363 g/mol. The van der Waals surface area contributed by atoms with Gasteiger partial charge < -0.3 is 10.2 Å². The van der Waals surface area contributed by atoms with Crippen LogP contribution in [0.1, 0.15) is 18.5 Å². The first kappa shape index (κ1) is 14.2. The Morgan fingerprint density at radius 3 is 2.95 bits per heavy atom. The molecule has 5 nitrogen and oxygen atoms in total. The number of rotatable bonds is 3. The summed E-state index contributed by atoms with van der Waals surface area (Å²) in [5.41, 5.74) is 1.78. The second-order valence-corrected chi connectivity index (χ2v) is 7.27. The summed E-state index contributed by atoms with van der Waals surface area (Å²) in [7, 11) is 0. The van der Waals surface area contributed by atoms with E-state index >= 15 is 0 Å². The third-order valence-electron chi connectivity index (χ3n) is 4.93. The minimum Gasteiger partial charge on any atom is -0.351 e. The van der Waals surface area contributed by atoms with Gasteiger partial charge in [-0.2, -0.15) is 5.10 Å². The molecular weight excluding hydrogens is 344 g/mol. The molecular formula is C16H19BrN4O. The van der Waals surface area contributed by atoms with Gasteiger partial charge in [0, 0.05) is 22.4 Å². The molecule has 3 aliphatic heterocycles. The summed E-state index contributed by atoms with van der Waals surface area (Å²) in [4.78, 5) is 14.8. The van der Waals surface area contributed by atoms with Crippen molar-refractivity contribution >= 4 is 32.7 Å². The first-order chi connectivity index (χ1) is 10.7. The lowest BCUT2D eigenvalue weighted by atomic mass is 9.84. The number of nitrogens with zero attached hydrogens (tertiary/aromatic N) is 2. The highest BCUT2D eigenvalue weighted by atomic mass is 79.9. The van der Waals surface area contributed by atoms with Crippen LogP contribution in [0.25, 0.3) is 10.9 Å². The van der Waals surface area contributed by atoms with E-state index in [4.69, 9.17) is 0 Å². The number of aromatic amines is 1. The lowest BCUT2D eigenvalue weighted by Crippen LogP contribution is -2.57. The number of aromatic nitrogens is 2. The van der Waals surface area contributed by atoms with Crippen molar-refractivity contribution in [2.45, 2.75) is 25.3 Å². The number of carbonyl (C=O) groups is 1. The second-order valence-electron chi connectivity index (χ2n) is 6.35. The lowest BCUT2D eigenvalue weighted by Gasteiger charge is -2.44. The molecule has 0 aliphatic carbocycles. The molecule has 0 spiro atoms. The van der Waals surface area contributed by atoms with Crippen LogP contribution in [-0.4, -0.2) is 46.7 Å². The Hall–Kier alpha value is -1.40. The van der Waals surface area contributed by atoms with Crippen molar-refractivity contribution in [1.82, 2.24) is 20.4 Å². The zero-order chi connectivity index (χ0) is 15.1. The Morgan fingerprint density at radius 1 is 1.41 bits per heavy atom. The summed E-state index contributed by atoms with van der Waals surface area (Å²) in [6.45, 7) is 3.39. The van der Waals surface area contributed by atoms with Gasteiger partial charge >= 0.3 is 0 Å². The summed E-state index contributed by atoms with van der Waals surface area (Å²) in [6.07, 6.45) is 2.78. The molecule has 0 saturated carbocycles. The Morgan fingerprint density at radius 2 is 2.23 bits per heavy atom. The third kappa shape index (κ3) is 2.65. The molecule has 1 amide bonds. The number of carbonyl (C=O) groups excluding carboxylic acids is 1. The number of hydrogen-bond donors (Lipinski definition) is 2. The number of hydrogen-bond acceptors (Lipinski definition) is 3. The maximum absolute atomic E-state index is 12.4. The molecule has 116 valence electrons. The summed E-state index contributed by atoms with van der Waals surface area (Å²) < 4.78 is 1.00. The molecule has 3 aliphatic rings. The van der Waals surface area contributed by atoms with Gasteiger partial charge in [0.2, 0.25) is 5.91 Å². The van der Waals surface area contributed by atoms with Gasteiger partial charge in [0.05, 0.1) is 17.6 Å². The van der Waals surface area contributed by atoms with Crippen LogP contribution in [0.2, 0.25) is 0 Å². The quantitative estimate of drug-likeness (QED) is 0.878. The topological polar surface area (TPSA) is 61.0 Å². The molecule has 6 heteroatoms. The average Bonchev–Trinajstić information content (AvgIpc) is 2.90. The monoisotopic (exact) mass is 362 g/mol. The van der Waals surface area contributed by atoms with Gasteiger partial charge in [-0.3, -0.25) is 9.89 Å². The first-order valence-electron chi connectivity index (χ1n) is 7.83. The highest BCUT2D eigenvalue weighted by Crippen LogP contribution is 2.27. The number of benzene rings is 1. The van der Waals surface area contributed by atoms with Gasteiger partial charge in [-0.05, 0) is 50.0 Å². The molecule has 3 fully saturated rings. The van der Waals surface area contributed by atoms with Gasteiger partial charge in [0.25, 0.3) is 0 Å². The van der Waals surface area contributed by atoms with Crippen molar-refractivity contribution < 1.29 is 4.79 Å². The van der Waals surface area contributed by atoms with Gasteiger partial charge in [-0.15, -0.1) is 0 Å². The van der Waals surface area contributed by atoms with E-state index in [1.54, 1.807) is 0 Å². The van der Waals surface area contributed by atoms with Crippen molar-refractivity contribution in [3.63, 3.8) is 0 Å². The first-order valence-corrected chi connectivity index (χ1v) is 8.62. The fourth-order valence-electron chi connectivity index (χ4n) is 3.72. The SMILES string of the molecule is O=C(Cc1[nH]nc2ccc(Br)cc12)N[C@H]1CN2CCC1CC2. The van der Waals surface area contributed by atoms with E-state index in [1.165, 1.54) is 25.9 Å². The van der Waals surface area contributed by atoms with Crippen molar-refractivity contribution in [2.75, 3.05) is 19.6 Å². The minimum absolute atomic E-state index is 0.0873. The lowest BCUT2D eigenvalue weighted by molar-refractivity contribution is -0.122. The molecule has 1 aromatic heterocycles. The standard InChI is InChI=1S/C16H19BrN4O/c17-11-1-2-13-12(7-11)14(20-19-13)8-16(22)18-15-9-21-5-3-10(15)4-6-21/h1-2,7,10,15H,3-6,8-9H2,(H,18,22)(H,19,20)/t15-/m0/s1. The number of fused-ring (bicyclic) bond motifs is 4. The number of piperidine rings is 3. The summed E-state index contributed by atoms with van der Waals surface area (Å²) in [6, 6.07) is 6.23. The number of H-pyrrole nitrogens is 1. The predicted octanol–water partition coefficient (Wildman–Crippen LogP) is 2.08. The molecule has 5 rings (SSSR count). The van der Waals surface area contributed by atoms with Gasteiger partial charge in [-0.25, -0.2) is 0 Å². The molecule has 0 radical (unpaired) electrons. The van der Waals surface area contributed by atoms with E-state index in [2.05, 4.69) is 36.3 Å². The van der Waals surface area contributed by atoms with Crippen LogP contribution in [0, 0.1) is 5.92 Å². The van der Waals surface area contributed by atoms with Crippen molar-refractivity contribution in [3.8, 4) is 0 Å². The number of nitrogens with one attached hydrogen (secondary N) is 2. The van der Waals surface area contributed by atoms with Gasteiger partial charge in [-0.1, -0.05) is 15.9 Å². The highest BCUT2D eigenvalue weighted by molar-refractivity contribution is 9.10. The molecule has 2 bridgehead atoms. The van der Waals surface area contributed by atoms with Crippen LogP contribution >= 0.6 is 15.9 Å². The van der Waals surface area contributed by atoms with Crippen LogP contribution in [0.4, 0.5) is 0 Å². The van der Waals surface area contributed by atoms with E-state index in [1.807, 2.05) is 18.2 Å². The Kier molecular flexibility index (Phi) is 3.66. The second kappa shape index (κ2) is 5.66. The van der Waals surface area contributed by atoms with Gasteiger partial charge in [0.15, 0.2) is 0 Å². The maximum atomic E-state index is 12.4. The summed E-state index contributed by atoms with van der Waals surface area (Å²) in [5.74, 6) is 0.742. The normalized spacial score (nSPS) is 27.2. The molecule has 2 N–H and O–H groups in total. The molecule has 0 unspecified atom stereocenters. The number of halogens is 1. The Balaban J connectivity index is 1.46. The molecule has 1 aromatic carbocycles. The maximum Gasteiger partial charge on any atom is 0.226 e. The molecule has 2 aromatic rings. The Bertz CT molecular complexity index is 705. The number of amides is 1. The highest BCUT2D eigenvalue weighted by Gasteiger charge is 2.34. The van der Waals surface area contributed by atoms with Crippen LogP contribution < -0.4 is 5.32 Å². The predicted molar refractivity (Wildman–Crippen MR) is 88.6 cm³/mol. The van der Waals surface area contributed by atoms with Crippen molar-refractivity contribution in [1.29, 1.82) is 0 Å². The van der Waals surface area contributed by atoms with Crippen LogP contribution in [-0.2, 0) is 11.2 Å². The fraction of sp³-hybridized carbons (Fsp3) is 0.500. The zero-order valence-corrected chi connectivity index (χ0v) is 13.9. The summed E-state index contributed by atoms with van der Waals surface area (Å²) in [5, 5.41) is 11.5. The van der Waals surface area contributed by atoms with Crippen LogP contribution in [0.15, 0.2) is 22.7 Å². The van der Waals surface area contributed by atoms with E-state index < -0.39 is 0 Å². The zero-order valence-electron chi connectivity index (χ0n) is 12.3. The minimum atomic E-state index is 0.0873. The summed E-state index contributed by atoms with van der Waals surface area (Å²) >= 11 is 3.47. The van der Waals surface area contributed by atoms with Crippen LogP contribution in [0.5, 0.6) is 0 Å². The van der Waals surface area contributed by atoms with E-state index in [0.717, 1.165) is 27.6 Å². The van der Waals surface area contributed by atoms with Crippen LogP contribution in [0.3, 0.4) is 0 Å². The molecule has 1 atom stereocenters. The molecule has 4 heterocycles. The Labute approximate surface area is 137 Å². The van der Waals surface area contributed by atoms with E-state index in [-0.39, 0.29) is 5.91 Å². The molecule has 22 heavy (non-hydrogen) atoms.